The number of hydrogen-bond acceptors (Lipinski definition) is 3. The second-order valence-electron chi connectivity index (χ2n) is 7.96. The SMILES string of the molecule is C[C@]12CC[C@@H]3C4=C(C=C(O)/C(=B\O)C4)CC[C@H]3[C@@H]1CC[C@@H]2O. The first-order valence-electron chi connectivity index (χ1n) is 8.69. The predicted molar refractivity (Wildman–Crippen MR) is 87.6 cm³/mol. The van der Waals surface area contributed by atoms with Crippen LogP contribution in [0.3, 0.4) is 0 Å². The maximum absolute atomic E-state index is 10.4. The third-order valence-corrected chi connectivity index (χ3v) is 7.17. The van der Waals surface area contributed by atoms with Gasteiger partial charge in [0.25, 0.3) is 0 Å². The minimum atomic E-state index is -0.128. The summed E-state index contributed by atoms with van der Waals surface area (Å²) in [5, 5.41) is 29.8. The van der Waals surface area contributed by atoms with Crippen LogP contribution in [0.1, 0.15) is 51.9 Å². The molecule has 0 radical (unpaired) electrons. The van der Waals surface area contributed by atoms with Gasteiger partial charge in [0.2, 0.25) is 0 Å². The van der Waals surface area contributed by atoms with Crippen molar-refractivity contribution in [1.29, 1.82) is 0 Å². The summed E-state index contributed by atoms with van der Waals surface area (Å²) in [5.41, 5.74) is 3.50. The molecule has 0 saturated heterocycles. The summed E-state index contributed by atoms with van der Waals surface area (Å²) >= 11 is 0. The molecule has 2 fully saturated rings. The third-order valence-electron chi connectivity index (χ3n) is 7.17. The first-order valence-corrected chi connectivity index (χ1v) is 8.69. The molecular weight excluding hydrogens is 275 g/mol. The van der Waals surface area contributed by atoms with Gasteiger partial charge in [0.15, 0.2) is 0 Å². The third kappa shape index (κ3) is 1.89. The van der Waals surface area contributed by atoms with Crippen LogP contribution >= 0.6 is 0 Å². The van der Waals surface area contributed by atoms with Crippen molar-refractivity contribution >= 4 is 12.6 Å². The standard InChI is InChI=1S/C18H25BO3/c1-18-7-6-11-12(14(18)4-5-17(18)21)3-2-10-8-16(20)15(19-22)9-13(10)11/h8,11-12,14,17,20-22H,2-7,9H2,1H3/t11-,12+,14-,17-,18-/m0/s1. The van der Waals surface area contributed by atoms with E-state index < -0.39 is 0 Å². The first-order chi connectivity index (χ1) is 10.5. The molecule has 2 saturated carbocycles. The van der Waals surface area contributed by atoms with Crippen molar-refractivity contribution in [2.45, 2.75) is 58.0 Å². The average molecular weight is 300 g/mol. The van der Waals surface area contributed by atoms with E-state index in [0.717, 1.165) is 39.2 Å². The zero-order chi connectivity index (χ0) is 15.5. The topological polar surface area (TPSA) is 60.7 Å². The van der Waals surface area contributed by atoms with Gasteiger partial charge in [0, 0.05) is 0 Å². The van der Waals surface area contributed by atoms with E-state index in [4.69, 9.17) is 0 Å². The molecule has 0 aromatic carbocycles. The van der Waals surface area contributed by atoms with Crippen LogP contribution in [0.4, 0.5) is 0 Å². The molecule has 0 aliphatic heterocycles. The van der Waals surface area contributed by atoms with E-state index >= 15 is 0 Å². The fraction of sp³-hybridized carbons (Fsp3) is 0.722. The Morgan fingerprint density at radius 3 is 2.82 bits per heavy atom. The average Bonchev–Trinajstić information content (AvgIpc) is 2.82. The van der Waals surface area contributed by atoms with Gasteiger partial charge >= 0.3 is 132 Å². The Bertz CT molecular complexity index is 591. The summed E-state index contributed by atoms with van der Waals surface area (Å²) < 4.78 is 0. The van der Waals surface area contributed by atoms with E-state index in [-0.39, 0.29) is 17.3 Å². The second kappa shape index (κ2) is 4.99. The summed E-state index contributed by atoms with van der Waals surface area (Å²) in [4.78, 5) is 0. The summed E-state index contributed by atoms with van der Waals surface area (Å²) in [6, 6.07) is 0. The summed E-state index contributed by atoms with van der Waals surface area (Å²) in [5.74, 6) is 2.11. The molecule has 118 valence electrons. The molecule has 3 N–H and O–H groups in total. The van der Waals surface area contributed by atoms with Gasteiger partial charge in [-0.05, 0) is 0 Å². The number of aliphatic hydroxyl groups is 2. The van der Waals surface area contributed by atoms with Gasteiger partial charge in [0.1, 0.15) is 0 Å². The normalized spacial score (nSPS) is 45.7. The fourth-order valence-corrected chi connectivity index (χ4v) is 5.89. The first kappa shape index (κ1) is 14.6. The monoisotopic (exact) mass is 300 g/mol. The summed E-state index contributed by atoms with van der Waals surface area (Å²) in [6.45, 7) is 2.29. The summed E-state index contributed by atoms with van der Waals surface area (Å²) in [6.07, 6.45) is 9.00. The Balaban J connectivity index is 1.68. The van der Waals surface area contributed by atoms with Crippen LogP contribution in [0.25, 0.3) is 0 Å². The van der Waals surface area contributed by atoms with E-state index in [1.165, 1.54) is 17.6 Å². The van der Waals surface area contributed by atoms with E-state index in [9.17, 15) is 15.2 Å². The van der Waals surface area contributed by atoms with Crippen LogP contribution in [0.15, 0.2) is 23.0 Å². The van der Waals surface area contributed by atoms with Gasteiger partial charge in [-0.15, -0.1) is 0 Å². The maximum atomic E-state index is 10.4. The number of hydrogen-bond donors (Lipinski definition) is 3. The van der Waals surface area contributed by atoms with Crippen LogP contribution < -0.4 is 0 Å². The second-order valence-corrected chi connectivity index (χ2v) is 7.96. The Morgan fingerprint density at radius 1 is 1.23 bits per heavy atom. The van der Waals surface area contributed by atoms with Crippen LogP contribution in [0.5, 0.6) is 0 Å². The zero-order valence-electron chi connectivity index (χ0n) is 13.3. The van der Waals surface area contributed by atoms with Crippen LogP contribution in [-0.2, 0) is 0 Å². The molecule has 4 heteroatoms. The molecule has 4 aliphatic carbocycles. The van der Waals surface area contributed by atoms with Crippen molar-refractivity contribution in [2.75, 3.05) is 0 Å². The Kier molecular flexibility index (Phi) is 3.30. The van der Waals surface area contributed by atoms with Gasteiger partial charge in [-0.2, -0.15) is 0 Å². The van der Waals surface area contributed by atoms with E-state index in [0.29, 0.717) is 29.6 Å². The molecule has 0 aromatic rings. The number of aliphatic hydroxyl groups excluding tert-OH is 2. The molecule has 0 spiro atoms. The van der Waals surface area contributed by atoms with Crippen LogP contribution in [0, 0.1) is 23.2 Å². The van der Waals surface area contributed by atoms with Crippen molar-refractivity contribution in [1.82, 2.24) is 0 Å². The molecule has 0 bridgehead atoms. The molecule has 4 rings (SSSR count). The molecule has 0 unspecified atom stereocenters. The molecule has 5 atom stereocenters. The predicted octanol–water partition coefficient (Wildman–Crippen LogP) is 2.51. The van der Waals surface area contributed by atoms with Gasteiger partial charge in [0.05, 0.1) is 0 Å². The van der Waals surface area contributed by atoms with E-state index in [1.54, 1.807) is 0 Å². The van der Waals surface area contributed by atoms with Crippen molar-refractivity contribution in [3.8, 4) is 0 Å². The Morgan fingerprint density at radius 2 is 2.05 bits per heavy atom. The number of fused-ring (bicyclic) bond motifs is 4. The molecule has 22 heavy (non-hydrogen) atoms. The Hall–Kier alpha value is -1.03. The molecule has 0 heterocycles. The minimum absolute atomic E-state index is 0.113. The van der Waals surface area contributed by atoms with Crippen LogP contribution in [-0.4, -0.2) is 33.9 Å². The van der Waals surface area contributed by atoms with Crippen LogP contribution in [0.2, 0.25) is 0 Å². The van der Waals surface area contributed by atoms with Gasteiger partial charge in [-0.3, -0.25) is 0 Å². The Labute approximate surface area is 132 Å². The fourth-order valence-electron chi connectivity index (χ4n) is 5.89. The van der Waals surface area contributed by atoms with Crippen molar-refractivity contribution < 1.29 is 15.2 Å². The van der Waals surface area contributed by atoms with Crippen molar-refractivity contribution in [3.63, 3.8) is 0 Å². The molecule has 3 nitrogen and oxygen atoms in total. The zero-order valence-corrected chi connectivity index (χ0v) is 13.3. The van der Waals surface area contributed by atoms with Gasteiger partial charge in [-0.25, -0.2) is 0 Å². The van der Waals surface area contributed by atoms with E-state index in [1.807, 2.05) is 6.08 Å². The molecule has 0 aromatic heterocycles. The van der Waals surface area contributed by atoms with Gasteiger partial charge < -0.3 is 0 Å². The number of allylic oxidation sites excluding steroid dienone is 4. The quantitative estimate of drug-likeness (QED) is 0.602. The number of rotatable bonds is 0. The van der Waals surface area contributed by atoms with Crippen molar-refractivity contribution in [2.24, 2.45) is 23.2 Å². The molecule has 4 aliphatic rings. The molecular formula is C18H25BO3. The summed E-state index contributed by atoms with van der Waals surface area (Å²) in [7, 11) is 1.06. The van der Waals surface area contributed by atoms with Gasteiger partial charge in [-0.1, -0.05) is 0 Å². The van der Waals surface area contributed by atoms with Crippen molar-refractivity contribution in [3.05, 3.63) is 23.0 Å². The molecule has 0 amide bonds. The van der Waals surface area contributed by atoms with E-state index in [2.05, 4.69) is 6.92 Å².